The Labute approximate surface area is 167 Å². The third-order valence-electron chi connectivity index (χ3n) is 4.84. The van der Waals surface area contributed by atoms with Gasteiger partial charge in [-0.05, 0) is 43.7 Å². The number of carbonyl (C=O) groups is 1. The number of benzene rings is 2. The molecule has 0 spiro atoms. The molecule has 0 radical (unpaired) electrons. The fourth-order valence-electron chi connectivity index (χ4n) is 3.08. The average molecular weight is 405 g/mol. The van der Waals surface area contributed by atoms with Crippen molar-refractivity contribution in [2.75, 3.05) is 27.2 Å². The van der Waals surface area contributed by atoms with E-state index in [4.69, 9.17) is 4.74 Å². The molecule has 0 aliphatic carbocycles. The van der Waals surface area contributed by atoms with Crippen molar-refractivity contribution in [1.82, 2.24) is 9.21 Å². The van der Waals surface area contributed by atoms with E-state index < -0.39 is 16.1 Å². The molecule has 2 aromatic rings. The van der Waals surface area contributed by atoms with Crippen LogP contribution in [0, 0.1) is 0 Å². The Morgan fingerprint density at radius 2 is 1.57 bits per heavy atom. The topological polar surface area (TPSA) is 66.9 Å². The molecule has 1 atom stereocenters. The molecule has 0 heterocycles. The van der Waals surface area contributed by atoms with Crippen molar-refractivity contribution < 1.29 is 17.9 Å². The van der Waals surface area contributed by atoms with Crippen molar-refractivity contribution in [2.24, 2.45) is 0 Å². The van der Waals surface area contributed by atoms with E-state index in [0.717, 1.165) is 5.56 Å². The van der Waals surface area contributed by atoms with Gasteiger partial charge in [-0.25, -0.2) is 8.42 Å². The van der Waals surface area contributed by atoms with Crippen molar-refractivity contribution in [2.45, 2.75) is 31.2 Å². The summed E-state index contributed by atoms with van der Waals surface area (Å²) in [6.07, 6.45) is 0.0660. The van der Waals surface area contributed by atoms with E-state index >= 15 is 0 Å². The lowest BCUT2D eigenvalue weighted by atomic mass is 10.0. The second-order valence-corrected chi connectivity index (χ2v) is 8.39. The highest BCUT2D eigenvalue weighted by atomic mass is 32.2. The normalized spacial score (nSPS) is 12.6. The first kappa shape index (κ1) is 21.9. The molecule has 0 fully saturated rings. The third kappa shape index (κ3) is 4.91. The summed E-state index contributed by atoms with van der Waals surface area (Å²) in [5.41, 5.74) is 0.739. The van der Waals surface area contributed by atoms with Crippen LogP contribution >= 0.6 is 0 Å². The van der Waals surface area contributed by atoms with Gasteiger partial charge in [-0.1, -0.05) is 30.3 Å². The Bertz CT molecular complexity index is 863. The minimum atomic E-state index is -3.76. The molecule has 0 saturated carbocycles. The first-order valence-electron chi connectivity index (χ1n) is 9.29. The van der Waals surface area contributed by atoms with Gasteiger partial charge in [0.2, 0.25) is 15.9 Å². The molecule has 28 heavy (non-hydrogen) atoms. The Balaban J connectivity index is 2.42. The van der Waals surface area contributed by atoms with Crippen molar-refractivity contribution in [3.05, 3.63) is 60.2 Å². The molecule has 0 saturated heterocycles. The average Bonchev–Trinajstić information content (AvgIpc) is 2.73. The number of rotatable bonds is 9. The number of hydrogen-bond donors (Lipinski definition) is 0. The number of sulfonamides is 1. The van der Waals surface area contributed by atoms with Crippen molar-refractivity contribution >= 4 is 15.9 Å². The fraction of sp³-hybridized carbons (Fsp3) is 0.381. The molecule has 0 aliphatic heterocycles. The van der Waals surface area contributed by atoms with Gasteiger partial charge in [-0.3, -0.25) is 4.79 Å². The molecule has 152 valence electrons. The lowest BCUT2D eigenvalue weighted by Gasteiger charge is -2.30. The number of nitrogens with zero attached hydrogens (tertiary/aromatic N) is 2. The highest BCUT2D eigenvalue weighted by molar-refractivity contribution is 7.89. The lowest BCUT2D eigenvalue weighted by molar-refractivity contribution is -0.131. The maximum absolute atomic E-state index is 13.1. The summed E-state index contributed by atoms with van der Waals surface area (Å²) in [5, 5.41) is 0. The SMILES string of the molecule is CCN(CC)C(=O)C[C@H](c1ccc(OC)cc1)N(C)S(=O)(=O)c1ccccc1. The van der Waals surface area contributed by atoms with Crippen LogP contribution in [0.1, 0.15) is 31.9 Å². The van der Waals surface area contributed by atoms with E-state index in [9.17, 15) is 13.2 Å². The van der Waals surface area contributed by atoms with Crippen LogP contribution in [-0.4, -0.2) is 50.8 Å². The molecule has 2 aromatic carbocycles. The molecule has 0 aromatic heterocycles. The molecule has 0 aliphatic rings. The van der Waals surface area contributed by atoms with Gasteiger partial charge in [0.1, 0.15) is 5.75 Å². The van der Waals surface area contributed by atoms with Crippen LogP contribution in [0.4, 0.5) is 0 Å². The Hall–Kier alpha value is -2.38. The van der Waals surface area contributed by atoms with Crippen LogP contribution in [-0.2, 0) is 14.8 Å². The van der Waals surface area contributed by atoms with Crippen molar-refractivity contribution in [1.29, 1.82) is 0 Å². The fourth-order valence-corrected chi connectivity index (χ4v) is 4.44. The van der Waals surface area contributed by atoms with E-state index in [1.807, 2.05) is 13.8 Å². The van der Waals surface area contributed by atoms with Gasteiger partial charge in [0.15, 0.2) is 0 Å². The monoisotopic (exact) mass is 404 g/mol. The lowest BCUT2D eigenvalue weighted by Crippen LogP contribution is -2.37. The third-order valence-corrected chi connectivity index (χ3v) is 6.72. The standard InChI is InChI=1S/C21H28N2O4S/c1-5-23(6-2)21(24)16-20(17-12-14-18(27-4)15-13-17)22(3)28(25,26)19-10-8-7-9-11-19/h7-15,20H,5-6,16H2,1-4H3/t20-/m1/s1. The van der Waals surface area contributed by atoms with E-state index in [1.54, 1.807) is 66.6 Å². The number of hydrogen-bond acceptors (Lipinski definition) is 4. The van der Waals surface area contributed by atoms with Gasteiger partial charge in [0, 0.05) is 26.6 Å². The molecule has 1 amide bonds. The maximum atomic E-state index is 13.1. The van der Waals surface area contributed by atoms with Gasteiger partial charge >= 0.3 is 0 Å². The van der Waals surface area contributed by atoms with Crippen LogP contribution in [0.15, 0.2) is 59.5 Å². The van der Waals surface area contributed by atoms with Gasteiger partial charge in [-0.2, -0.15) is 4.31 Å². The highest BCUT2D eigenvalue weighted by Gasteiger charge is 2.31. The minimum absolute atomic E-state index is 0.0660. The smallest absolute Gasteiger partial charge is 0.243 e. The number of methoxy groups -OCH3 is 1. The largest absolute Gasteiger partial charge is 0.497 e. The number of ether oxygens (including phenoxy) is 1. The van der Waals surface area contributed by atoms with Gasteiger partial charge in [0.25, 0.3) is 0 Å². The Kier molecular flexibility index (Phi) is 7.60. The summed E-state index contributed by atoms with van der Waals surface area (Å²) in [6.45, 7) is 4.99. The maximum Gasteiger partial charge on any atom is 0.243 e. The highest BCUT2D eigenvalue weighted by Crippen LogP contribution is 2.30. The first-order chi connectivity index (χ1) is 13.3. The second kappa shape index (κ2) is 9.71. The molecular weight excluding hydrogens is 376 g/mol. The summed E-state index contributed by atoms with van der Waals surface area (Å²) in [5.74, 6) is 0.590. The van der Waals surface area contributed by atoms with E-state index in [2.05, 4.69) is 0 Å². The summed E-state index contributed by atoms with van der Waals surface area (Å²) < 4.78 is 32.7. The molecule has 0 N–H and O–H groups in total. The van der Waals surface area contributed by atoms with Crippen molar-refractivity contribution in [3.63, 3.8) is 0 Å². The predicted molar refractivity (Wildman–Crippen MR) is 110 cm³/mol. The summed E-state index contributed by atoms with van der Waals surface area (Å²) in [7, 11) is -0.663. The molecular formula is C21H28N2O4S. The van der Waals surface area contributed by atoms with E-state index in [-0.39, 0.29) is 17.2 Å². The molecule has 7 heteroatoms. The van der Waals surface area contributed by atoms with Gasteiger partial charge in [-0.15, -0.1) is 0 Å². The summed E-state index contributed by atoms with van der Waals surface area (Å²) >= 11 is 0. The van der Waals surface area contributed by atoms with Gasteiger partial charge in [0.05, 0.1) is 18.0 Å². The summed E-state index contributed by atoms with van der Waals surface area (Å²) in [6, 6.07) is 14.8. The van der Waals surface area contributed by atoms with E-state index in [0.29, 0.717) is 18.8 Å². The Morgan fingerprint density at radius 3 is 2.07 bits per heavy atom. The number of amides is 1. The zero-order valence-corrected chi connectivity index (χ0v) is 17.6. The van der Waals surface area contributed by atoms with Crippen LogP contribution in [0.3, 0.4) is 0 Å². The predicted octanol–water partition coefficient (Wildman–Crippen LogP) is 3.32. The zero-order valence-electron chi connectivity index (χ0n) is 16.8. The molecule has 6 nitrogen and oxygen atoms in total. The van der Waals surface area contributed by atoms with Crippen molar-refractivity contribution in [3.8, 4) is 5.75 Å². The van der Waals surface area contributed by atoms with Gasteiger partial charge < -0.3 is 9.64 Å². The second-order valence-electron chi connectivity index (χ2n) is 6.39. The summed E-state index contributed by atoms with van der Waals surface area (Å²) in [4.78, 5) is 14.7. The molecule has 0 bridgehead atoms. The zero-order chi connectivity index (χ0) is 20.7. The van der Waals surface area contributed by atoms with Crippen LogP contribution in [0.25, 0.3) is 0 Å². The molecule has 0 unspecified atom stereocenters. The van der Waals surface area contributed by atoms with Crippen LogP contribution in [0.2, 0.25) is 0 Å². The van der Waals surface area contributed by atoms with E-state index in [1.165, 1.54) is 11.4 Å². The van der Waals surface area contributed by atoms with Crippen LogP contribution < -0.4 is 4.74 Å². The quantitative estimate of drug-likeness (QED) is 0.643. The number of carbonyl (C=O) groups excluding carboxylic acids is 1. The minimum Gasteiger partial charge on any atom is -0.497 e. The molecule has 2 rings (SSSR count). The Morgan fingerprint density at radius 1 is 1.00 bits per heavy atom. The van der Waals surface area contributed by atoms with Crippen LogP contribution in [0.5, 0.6) is 5.75 Å². The first-order valence-corrected chi connectivity index (χ1v) is 10.7.